The SMILES string of the molecule is Cc1ccc2c3c(cccc13)C1C3c4cccc5cccc(c45)C3C3c4cccc5cccc(c45)C3C21. The summed E-state index contributed by atoms with van der Waals surface area (Å²) in [5, 5.41) is 8.93. The van der Waals surface area contributed by atoms with Crippen LogP contribution in [0.1, 0.15) is 74.5 Å². The lowest BCUT2D eigenvalue weighted by Crippen LogP contribution is -2.34. The van der Waals surface area contributed by atoms with Crippen LogP contribution in [0.3, 0.4) is 0 Å². The van der Waals surface area contributed by atoms with Crippen LogP contribution in [0.4, 0.5) is 0 Å². The van der Waals surface area contributed by atoms with Crippen molar-refractivity contribution in [3.8, 4) is 0 Å². The maximum atomic E-state index is 2.50. The van der Waals surface area contributed by atoms with Crippen LogP contribution in [0.2, 0.25) is 0 Å². The van der Waals surface area contributed by atoms with Crippen LogP contribution in [0.5, 0.6) is 0 Å². The van der Waals surface area contributed by atoms with Crippen molar-refractivity contribution in [1.29, 1.82) is 0 Å². The minimum Gasteiger partial charge on any atom is -0.0613 e. The summed E-state index contributed by atoms with van der Waals surface area (Å²) in [6.45, 7) is 2.29. The summed E-state index contributed by atoms with van der Waals surface area (Å²) in [6.07, 6.45) is 0. The zero-order valence-corrected chi connectivity index (χ0v) is 20.8. The fraction of sp³-hybridized carbons (Fsp3) is 0.189. The lowest BCUT2D eigenvalue weighted by atomic mass is 9.55. The van der Waals surface area contributed by atoms with Crippen molar-refractivity contribution in [2.45, 2.75) is 42.4 Å². The van der Waals surface area contributed by atoms with Crippen LogP contribution in [0, 0.1) is 6.92 Å². The monoisotopic (exact) mass is 470 g/mol. The summed E-state index contributed by atoms with van der Waals surface area (Å²) < 4.78 is 0. The summed E-state index contributed by atoms with van der Waals surface area (Å²) in [4.78, 5) is 0. The first-order chi connectivity index (χ1) is 18.3. The third kappa shape index (κ3) is 2.05. The molecular formula is C37H26. The Bertz CT molecular complexity index is 1870. The molecule has 1 fully saturated rings. The van der Waals surface area contributed by atoms with E-state index in [1.54, 1.807) is 49.5 Å². The highest BCUT2D eigenvalue weighted by molar-refractivity contribution is 5.99. The molecule has 0 bridgehead atoms. The molecule has 4 aliphatic carbocycles. The quantitative estimate of drug-likeness (QED) is 0.207. The highest BCUT2D eigenvalue weighted by Gasteiger charge is 2.60. The molecule has 6 aromatic rings. The van der Waals surface area contributed by atoms with E-state index in [-0.39, 0.29) is 0 Å². The van der Waals surface area contributed by atoms with Gasteiger partial charge in [-0.05, 0) is 114 Å². The summed E-state index contributed by atoms with van der Waals surface area (Å²) in [7, 11) is 0. The first-order valence-corrected chi connectivity index (χ1v) is 13.9. The van der Waals surface area contributed by atoms with Crippen molar-refractivity contribution in [3.05, 3.63) is 142 Å². The number of hydrogen-bond donors (Lipinski definition) is 0. The second kappa shape index (κ2) is 6.32. The molecule has 6 unspecified atom stereocenters. The smallest absolute Gasteiger partial charge is 0.000534 e. The molecular weight excluding hydrogens is 444 g/mol. The van der Waals surface area contributed by atoms with E-state index >= 15 is 0 Å². The fourth-order valence-electron chi connectivity index (χ4n) is 9.74. The van der Waals surface area contributed by atoms with Gasteiger partial charge in [0, 0.05) is 0 Å². The van der Waals surface area contributed by atoms with E-state index in [1.165, 1.54) is 21.7 Å². The van der Waals surface area contributed by atoms with Gasteiger partial charge in [0.15, 0.2) is 0 Å². The predicted octanol–water partition coefficient (Wildman–Crippen LogP) is 9.41. The molecule has 0 nitrogen and oxygen atoms in total. The number of rotatable bonds is 0. The standard InChI is InChI=1S/C37H26/c1-19-17-18-28-31-22(19)11-6-16-27(31)36-34-25-14-4-9-20-7-2-12-23(29(20)25)32(34)33-24-13-3-8-21-10-5-15-26(30(21)24)35(33)37(28)36/h2-18,32-37H,1H3. The Labute approximate surface area is 216 Å². The van der Waals surface area contributed by atoms with E-state index < -0.39 is 0 Å². The molecule has 10 rings (SSSR count). The lowest BCUT2D eigenvalue weighted by molar-refractivity contribution is 0.253. The molecule has 1 saturated carbocycles. The zero-order chi connectivity index (χ0) is 24.0. The first-order valence-electron chi connectivity index (χ1n) is 13.9. The molecule has 0 radical (unpaired) electrons. The van der Waals surface area contributed by atoms with Gasteiger partial charge in [0.2, 0.25) is 0 Å². The molecule has 0 aliphatic heterocycles. The van der Waals surface area contributed by atoms with Crippen molar-refractivity contribution in [2.75, 3.05) is 0 Å². The topological polar surface area (TPSA) is 0 Å². The van der Waals surface area contributed by atoms with E-state index in [9.17, 15) is 0 Å². The van der Waals surface area contributed by atoms with Gasteiger partial charge >= 0.3 is 0 Å². The average molecular weight is 471 g/mol. The Morgan fingerprint density at radius 1 is 0.351 bits per heavy atom. The molecule has 0 N–H and O–H groups in total. The Morgan fingerprint density at radius 2 is 0.703 bits per heavy atom. The number of fused-ring (bicyclic) bond motifs is 12. The van der Waals surface area contributed by atoms with Crippen LogP contribution in [-0.2, 0) is 0 Å². The Morgan fingerprint density at radius 3 is 1.14 bits per heavy atom. The Hall–Kier alpha value is -3.90. The summed E-state index contributed by atoms with van der Waals surface area (Å²) in [5.74, 6) is 3.06. The number of benzene rings is 6. The van der Waals surface area contributed by atoms with Crippen molar-refractivity contribution < 1.29 is 0 Å². The molecule has 6 atom stereocenters. The van der Waals surface area contributed by atoms with Gasteiger partial charge in [-0.3, -0.25) is 0 Å². The molecule has 6 aromatic carbocycles. The molecule has 0 spiro atoms. The third-order valence-corrected chi connectivity index (χ3v) is 10.7. The minimum atomic E-state index is 0.509. The van der Waals surface area contributed by atoms with Gasteiger partial charge in [0.05, 0.1) is 0 Å². The van der Waals surface area contributed by atoms with E-state index in [0.717, 1.165) is 0 Å². The normalized spacial score (nSPS) is 27.6. The van der Waals surface area contributed by atoms with E-state index in [4.69, 9.17) is 0 Å². The number of aryl methyl sites for hydroxylation is 1. The average Bonchev–Trinajstić information content (AvgIpc) is 3.56. The van der Waals surface area contributed by atoms with Gasteiger partial charge in [0.1, 0.15) is 0 Å². The third-order valence-electron chi connectivity index (χ3n) is 10.7. The molecule has 0 saturated heterocycles. The van der Waals surface area contributed by atoms with Crippen molar-refractivity contribution in [2.24, 2.45) is 0 Å². The highest BCUT2D eigenvalue weighted by Crippen LogP contribution is 2.75. The molecule has 0 aromatic heterocycles. The second-order valence-corrected chi connectivity index (χ2v) is 12.0. The Kier molecular flexibility index (Phi) is 3.29. The lowest BCUT2D eigenvalue weighted by Gasteiger charge is -2.47. The van der Waals surface area contributed by atoms with E-state index in [2.05, 4.69) is 110 Å². The fourth-order valence-corrected chi connectivity index (χ4v) is 9.74. The maximum absolute atomic E-state index is 2.50. The second-order valence-electron chi connectivity index (χ2n) is 12.0. The molecule has 174 valence electrons. The molecule has 4 aliphatic rings. The first kappa shape index (κ1) is 19.2. The van der Waals surface area contributed by atoms with Gasteiger partial charge in [-0.25, -0.2) is 0 Å². The van der Waals surface area contributed by atoms with Crippen LogP contribution >= 0.6 is 0 Å². The van der Waals surface area contributed by atoms with E-state index in [0.29, 0.717) is 35.5 Å². The minimum absolute atomic E-state index is 0.509. The summed E-state index contributed by atoms with van der Waals surface area (Å²) in [6, 6.07) is 40.4. The van der Waals surface area contributed by atoms with Crippen molar-refractivity contribution in [3.63, 3.8) is 0 Å². The van der Waals surface area contributed by atoms with Crippen LogP contribution < -0.4 is 0 Å². The van der Waals surface area contributed by atoms with Crippen molar-refractivity contribution >= 4 is 32.3 Å². The van der Waals surface area contributed by atoms with Gasteiger partial charge < -0.3 is 0 Å². The van der Waals surface area contributed by atoms with Gasteiger partial charge in [-0.15, -0.1) is 0 Å². The predicted molar refractivity (Wildman–Crippen MR) is 153 cm³/mol. The van der Waals surface area contributed by atoms with Crippen LogP contribution in [0.25, 0.3) is 32.3 Å². The molecule has 0 heterocycles. The van der Waals surface area contributed by atoms with Crippen molar-refractivity contribution in [1.82, 2.24) is 0 Å². The van der Waals surface area contributed by atoms with Gasteiger partial charge in [-0.2, -0.15) is 0 Å². The van der Waals surface area contributed by atoms with Gasteiger partial charge in [0.25, 0.3) is 0 Å². The summed E-state index contributed by atoms with van der Waals surface area (Å²) >= 11 is 0. The summed E-state index contributed by atoms with van der Waals surface area (Å²) in [5.41, 5.74) is 11.0. The number of hydrogen-bond acceptors (Lipinski definition) is 0. The van der Waals surface area contributed by atoms with E-state index in [1.807, 2.05) is 0 Å². The van der Waals surface area contributed by atoms with Crippen LogP contribution in [0.15, 0.2) is 103 Å². The van der Waals surface area contributed by atoms with Gasteiger partial charge in [-0.1, -0.05) is 103 Å². The highest BCUT2D eigenvalue weighted by atomic mass is 14.6. The molecule has 0 heteroatoms. The largest absolute Gasteiger partial charge is 0.0613 e. The molecule has 37 heavy (non-hydrogen) atoms. The maximum Gasteiger partial charge on any atom is -0.000534 e. The van der Waals surface area contributed by atoms with Crippen LogP contribution in [-0.4, -0.2) is 0 Å². The zero-order valence-electron chi connectivity index (χ0n) is 20.8. The Balaban J connectivity index is 1.38. The molecule has 0 amide bonds.